The fourth-order valence-corrected chi connectivity index (χ4v) is 2.21. The molecule has 0 atom stereocenters. The molecule has 0 bridgehead atoms. The van der Waals surface area contributed by atoms with E-state index in [-0.39, 0.29) is 5.97 Å². The van der Waals surface area contributed by atoms with Gasteiger partial charge in [-0.15, -0.1) is 11.6 Å². The average molecular weight is 271 g/mol. The zero-order valence-electron chi connectivity index (χ0n) is 10.4. The summed E-state index contributed by atoms with van der Waals surface area (Å²) in [6, 6.07) is 5.62. The van der Waals surface area contributed by atoms with Crippen LogP contribution in [0.4, 0.5) is 0 Å². The highest BCUT2D eigenvalue weighted by Gasteiger charge is 2.44. The molecule has 1 aliphatic heterocycles. The molecular formula is C13H15ClO4. The number of carbonyl (C=O) groups excluding carboxylic acids is 1. The number of halogens is 1. The Morgan fingerprint density at radius 2 is 2.22 bits per heavy atom. The van der Waals surface area contributed by atoms with Crippen molar-refractivity contribution in [3.05, 3.63) is 29.3 Å². The Kier molecular flexibility index (Phi) is 3.78. The predicted molar refractivity (Wildman–Crippen MR) is 66.8 cm³/mol. The first-order valence-electron chi connectivity index (χ1n) is 5.62. The summed E-state index contributed by atoms with van der Waals surface area (Å²) < 4.78 is 15.8. The van der Waals surface area contributed by atoms with Crippen LogP contribution >= 0.6 is 11.6 Å². The molecule has 1 aliphatic rings. The highest BCUT2D eigenvalue weighted by atomic mass is 35.5. The first kappa shape index (κ1) is 13.2. The summed E-state index contributed by atoms with van der Waals surface area (Å²) in [5.74, 6) is 0.750. The third-order valence-electron chi connectivity index (χ3n) is 2.97. The molecule has 0 saturated carbocycles. The van der Waals surface area contributed by atoms with Crippen molar-refractivity contribution in [2.45, 2.75) is 18.4 Å². The third-order valence-corrected chi connectivity index (χ3v) is 3.25. The van der Waals surface area contributed by atoms with Crippen molar-refractivity contribution in [3.8, 4) is 5.75 Å². The molecule has 0 aromatic heterocycles. The van der Waals surface area contributed by atoms with Gasteiger partial charge in [0, 0.05) is 18.1 Å². The first-order chi connectivity index (χ1) is 8.61. The maximum absolute atomic E-state index is 11.2. The quantitative estimate of drug-likeness (QED) is 0.622. The van der Waals surface area contributed by atoms with E-state index in [4.69, 9.17) is 25.8 Å². The van der Waals surface area contributed by atoms with Crippen molar-refractivity contribution >= 4 is 17.6 Å². The maximum Gasteiger partial charge on any atom is 0.303 e. The Hall–Kier alpha value is -1.26. The summed E-state index contributed by atoms with van der Waals surface area (Å²) >= 11 is 5.82. The van der Waals surface area contributed by atoms with E-state index in [1.807, 2.05) is 18.2 Å². The smallest absolute Gasteiger partial charge is 0.303 e. The average Bonchev–Trinajstić information content (AvgIpc) is 2.32. The summed E-state index contributed by atoms with van der Waals surface area (Å²) in [5.41, 5.74) is 1.10. The van der Waals surface area contributed by atoms with E-state index in [2.05, 4.69) is 0 Å². The highest BCUT2D eigenvalue weighted by Crippen LogP contribution is 2.36. The number of benzene rings is 1. The van der Waals surface area contributed by atoms with Crippen LogP contribution in [-0.2, 0) is 25.7 Å². The molecule has 0 unspecified atom stereocenters. The van der Waals surface area contributed by atoms with Gasteiger partial charge >= 0.3 is 5.97 Å². The van der Waals surface area contributed by atoms with E-state index in [1.54, 1.807) is 7.11 Å². The number of methoxy groups -OCH3 is 1. The van der Waals surface area contributed by atoms with Gasteiger partial charge in [-0.2, -0.15) is 0 Å². The van der Waals surface area contributed by atoms with Gasteiger partial charge < -0.3 is 14.2 Å². The van der Waals surface area contributed by atoms with Gasteiger partial charge in [0.15, 0.2) is 5.60 Å². The molecule has 0 N–H and O–H groups in total. The van der Waals surface area contributed by atoms with Crippen LogP contribution in [0, 0.1) is 0 Å². The first-order valence-corrected chi connectivity index (χ1v) is 6.15. The lowest BCUT2D eigenvalue weighted by Gasteiger charge is -2.40. The minimum absolute atomic E-state index is 0.321. The normalized spacial score (nSPS) is 16.8. The highest BCUT2D eigenvalue weighted by molar-refractivity contribution is 6.17. The molecule has 4 nitrogen and oxygen atoms in total. The number of hydrogen-bond donors (Lipinski definition) is 0. The summed E-state index contributed by atoms with van der Waals surface area (Å²) in [6.45, 7) is 2.14. The van der Waals surface area contributed by atoms with Crippen molar-refractivity contribution in [1.82, 2.24) is 0 Å². The SMILES string of the molecule is COc1cc(C2(OC(C)=O)COC2)ccc1CCl. The van der Waals surface area contributed by atoms with Gasteiger partial charge in [-0.1, -0.05) is 12.1 Å². The maximum atomic E-state index is 11.2. The lowest BCUT2D eigenvalue weighted by molar-refractivity contribution is -0.216. The number of alkyl halides is 1. The van der Waals surface area contributed by atoms with Crippen LogP contribution in [-0.4, -0.2) is 26.3 Å². The van der Waals surface area contributed by atoms with Crippen molar-refractivity contribution in [3.63, 3.8) is 0 Å². The standard InChI is InChI=1S/C13H15ClO4/c1-9(15)18-13(7-17-8-13)11-4-3-10(6-14)12(5-11)16-2/h3-5H,6-8H2,1-2H3. The number of esters is 1. The van der Waals surface area contributed by atoms with Crippen LogP contribution in [0.2, 0.25) is 0 Å². The van der Waals surface area contributed by atoms with Crippen LogP contribution in [0.3, 0.4) is 0 Å². The Morgan fingerprint density at radius 3 is 2.67 bits per heavy atom. The molecule has 1 aromatic rings. The molecule has 18 heavy (non-hydrogen) atoms. The third kappa shape index (κ3) is 2.31. The lowest BCUT2D eigenvalue weighted by Crippen LogP contribution is -2.49. The van der Waals surface area contributed by atoms with Crippen molar-refractivity contribution < 1.29 is 19.0 Å². The van der Waals surface area contributed by atoms with Crippen molar-refractivity contribution in [1.29, 1.82) is 0 Å². The minimum Gasteiger partial charge on any atom is -0.496 e. The van der Waals surface area contributed by atoms with E-state index in [0.717, 1.165) is 11.1 Å². The van der Waals surface area contributed by atoms with Crippen LogP contribution in [0.5, 0.6) is 5.75 Å². The fraction of sp³-hybridized carbons (Fsp3) is 0.462. The summed E-state index contributed by atoms with van der Waals surface area (Å²) in [5, 5.41) is 0. The zero-order valence-corrected chi connectivity index (χ0v) is 11.1. The van der Waals surface area contributed by atoms with Gasteiger partial charge in [0.2, 0.25) is 0 Å². The van der Waals surface area contributed by atoms with Gasteiger partial charge in [-0.3, -0.25) is 4.79 Å². The molecule has 2 rings (SSSR count). The molecule has 5 heteroatoms. The fourth-order valence-electron chi connectivity index (χ4n) is 1.99. The van der Waals surface area contributed by atoms with Crippen LogP contribution in [0.25, 0.3) is 0 Å². The van der Waals surface area contributed by atoms with Crippen LogP contribution in [0.1, 0.15) is 18.1 Å². The Bertz CT molecular complexity index is 454. The molecule has 1 saturated heterocycles. The summed E-state index contributed by atoms with van der Waals surface area (Å²) in [4.78, 5) is 11.2. The molecule has 1 fully saturated rings. The second-order valence-corrected chi connectivity index (χ2v) is 4.51. The Morgan fingerprint density at radius 1 is 1.50 bits per heavy atom. The van der Waals surface area contributed by atoms with Gasteiger partial charge in [-0.05, 0) is 6.07 Å². The summed E-state index contributed by atoms with van der Waals surface area (Å²) in [6.07, 6.45) is 0. The monoisotopic (exact) mass is 270 g/mol. The van der Waals surface area contributed by atoms with Gasteiger partial charge in [0.1, 0.15) is 5.75 Å². The molecular weight excluding hydrogens is 256 g/mol. The summed E-state index contributed by atoms with van der Waals surface area (Å²) in [7, 11) is 1.59. The second-order valence-electron chi connectivity index (χ2n) is 4.24. The number of rotatable bonds is 4. The van der Waals surface area contributed by atoms with Crippen molar-refractivity contribution in [2.75, 3.05) is 20.3 Å². The van der Waals surface area contributed by atoms with Gasteiger partial charge in [-0.25, -0.2) is 0 Å². The van der Waals surface area contributed by atoms with Crippen LogP contribution in [0.15, 0.2) is 18.2 Å². The van der Waals surface area contributed by atoms with Gasteiger partial charge in [0.05, 0.1) is 26.2 Å². The van der Waals surface area contributed by atoms with Crippen molar-refractivity contribution in [2.24, 2.45) is 0 Å². The Balaban J connectivity index is 2.34. The molecule has 0 radical (unpaired) electrons. The largest absolute Gasteiger partial charge is 0.496 e. The van der Waals surface area contributed by atoms with E-state index >= 15 is 0 Å². The van der Waals surface area contributed by atoms with Gasteiger partial charge in [0.25, 0.3) is 0 Å². The van der Waals surface area contributed by atoms with Crippen LogP contribution < -0.4 is 4.74 Å². The predicted octanol–water partition coefficient (Wildman–Crippen LogP) is 2.22. The van der Waals surface area contributed by atoms with E-state index < -0.39 is 5.60 Å². The molecule has 98 valence electrons. The lowest BCUT2D eigenvalue weighted by atomic mass is 9.90. The zero-order chi connectivity index (χ0) is 13.2. The van der Waals surface area contributed by atoms with E-state index in [0.29, 0.717) is 24.8 Å². The molecule has 1 heterocycles. The second kappa shape index (κ2) is 5.16. The van der Waals surface area contributed by atoms with E-state index in [9.17, 15) is 4.79 Å². The molecule has 0 aliphatic carbocycles. The number of ether oxygens (including phenoxy) is 3. The molecule has 1 aromatic carbocycles. The molecule has 0 amide bonds. The van der Waals surface area contributed by atoms with E-state index in [1.165, 1.54) is 6.92 Å². The number of hydrogen-bond acceptors (Lipinski definition) is 4. The minimum atomic E-state index is -0.677. The topological polar surface area (TPSA) is 44.8 Å². The Labute approximate surface area is 111 Å². The number of carbonyl (C=O) groups is 1. The molecule has 0 spiro atoms.